The summed E-state index contributed by atoms with van der Waals surface area (Å²) in [5, 5.41) is 2.44. The molecule has 0 radical (unpaired) electrons. The molecule has 0 aromatic rings. The molecule has 0 N–H and O–H groups in total. The highest BCUT2D eigenvalue weighted by Gasteiger charge is 2.12. The molecule has 0 saturated heterocycles. The molecule has 5 nitrogen and oxygen atoms in total. The van der Waals surface area contributed by atoms with Gasteiger partial charge in [0.15, 0.2) is 6.29 Å². The van der Waals surface area contributed by atoms with E-state index in [0.717, 1.165) is 12.8 Å². The molecule has 0 aliphatic carbocycles. The second kappa shape index (κ2) is 19.5. The number of nitroso groups, excluding NO2 is 1. The molecule has 0 aromatic carbocycles. The summed E-state index contributed by atoms with van der Waals surface area (Å²) < 4.78 is 11.5. The number of nitrogens with zero attached hydrogens (tertiary/aromatic N) is 1. The van der Waals surface area contributed by atoms with Gasteiger partial charge in [-0.05, 0) is 12.8 Å². The third-order valence-electron chi connectivity index (χ3n) is 4.30. The lowest BCUT2D eigenvalue weighted by molar-refractivity contribution is -0.150. The van der Waals surface area contributed by atoms with Crippen molar-refractivity contribution in [2.75, 3.05) is 13.2 Å². The van der Waals surface area contributed by atoms with Crippen molar-refractivity contribution in [1.82, 2.24) is 0 Å². The Labute approximate surface area is 154 Å². The van der Waals surface area contributed by atoms with Crippen molar-refractivity contribution in [1.29, 1.82) is 0 Å². The summed E-state index contributed by atoms with van der Waals surface area (Å²) in [6.07, 6.45) is 14.6. The number of ether oxygens (including phenoxy) is 2. The van der Waals surface area contributed by atoms with E-state index in [1.807, 2.05) is 0 Å². The first kappa shape index (κ1) is 24.2. The molecule has 25 heavy (non-hydrogen) atoms. The minimum absolute atomic E-state index is 0.0984. The summed E-state index contributed by atoms with van der Waals surface area (Å²) >= 11 is 0. The summed E-state index contributed by atoms with van der Waals surface area (Å²) in [6, 6.07) is 0. The van der Waals surface area contributed by atoms with E-state index in [-0.39, 0.29) is 6.42 Å². The molecule has 0 aliphatic rings. The smallest absolute Gasteiger partial charge is 0.286 e. The van der Waals surface area contributed by atoms with Crippen LogP contribution in [0, 0.1) is 4.91 Å². The lowest BCUT2D eigenvalue weighted by Crippen LogP contribution is -2.20. The Balaban J connectivity index is 3.82. The van der Waals surface area contributed by atoms with Crippen LogP contribution in [-0.2, 0) is 14.3 Å². The number of hydrogen-bond acceptors (Lipinski definition) is 4. The SMILES string of the molecule is CCCCCCCCOC(CCC(=O)N=O)OCCCCCCCC. The van der Waals surface area contributed by atoms with Crippen molar-refractivity contribution in [3.8, 4) is 0 Å². The molecular weight excluding hydrogens is 318 g/mol. The zero-order valence-electron chi connectivity index (χ0n) is 16.5. The Bertz CT molecular complexity index is 292. The zero-order chi connectivity index (χ0) is 18.6. The molecule has 0 aliphatic heterocycles. The highest BCUT2D eigenvalue weighted by molar-refractivity contribution is 5.76. The number of amides is 1. The largest absolute Gasteiger partial charge is 0.353 e. The normalized spacial score (nSPS) is 11.2. The number of rotatable bonds is 19. The van der Waals surface area contributed by atoms with Gasteiger partial charge in [-0.15, -0.1) is 4.91 Å². The summed E-state index contributed by atoms with van der Waals surface area (Å²) in [5.74, 6) is -0.628. The van der Waals surface area contributed by atoms with Crippen LogP contribution < -0.4 is 0 Å². The Hall–Kier alpha value is -0.810. The van der Waals surface area contributed by atoms with E-state index in [9.17, 15) is 9.70 Å². The first-order valence-electron chi connectivity index (χ1n) is 10.3. The van der Waals surface area contributed by atoms with Gasteiger partial charge in [-0.25, -0.2) is 0 Å². The molecule has 0 rings (SSSR count). The molecule has 0 aromatic heterocycles. The van der Waals surface area contributed by atoms with Gasteiger partial charge in [0.25, 0.3) is 5.91 Å². The molecule has 0 atom stereocenters. The fourth-order valence-corrected chi connectivity index (χ4v) is 2.70. The van der Waals surface area contributed by atoms with Gasteiger partial charge in [0.1, 0.15) is 0 Å². The van der Waals surface area contributed by atoms with E-state index < -0.39 is 12.2 Å². The predicted molar refractivity (Wildman–Crippen MR) is 102 cm³/mol. The fraction of sp³-hybridized carbons (Fsp3) is 0.950. The molecule has 148 valence electrons. The van der Waals surface area contributed by atoms with Crippen LogP contribution in [0.25, 0.3) is 0 Å². The Kier molecular flexibility index (Phi) is 18.9. The van der Waals surface area contributed by atoms with Gasteiger partial charge in [-0.3, -0.25) is 4.79 Å². The van der Waals surface area contributed by atoms with Crippen LogP contribution in [0.2, 0.25) is 0 Å². The molecule has 1 amide bonds. The topological polar surface area (TPSA) is 65.0 Å². The minimum Gasteiger partial charge on any atom is -0.353 e. The van der Waals surface area contributed by atoms with E-state index in [0.29, 0.717) is 19.6 Å². The van der Waals surface area contributed by atoms with Crippen LogP contribution in [0.4, 0.5) is 0 Å². The van der Waals surface area contributed by atoms with Crippen molar-refractivity contribution in [2.24, 2.45) is 5.18 Å². The van der Waals surface area contributed by atoms with Gasteiger partial charge in [-0.2, -0.15) is 0 Å². The Morgan fingerprint density at radius 2 is 1.20 bits per heavy atom. The van der Waals surface area contributed by atoms with Crippen LogP contribution in [0.15, 0.2) is 5.18 Å². The maximum Gasteiger partial charge on any atom is 0.286 e. The highest BCUT2D eigenvalue weighted by Crippen LogP contribution is 2.11. The van der Waals surface area contributed by atoms with Crippen molar-refractivity contribution in [3.63, 3.8) is 0 Å². The average Bonchev–Trinajstić information content (AvgIpc) is 2.63. The summed E-state index contributed by atoms with van der Waals surface area (Å²) in [4.78, 5) is 21.3. The minimum atomic E-state index is -0.628. The van der Waals surface area contributed by atoms with Crippen LogP contribution in [0.3, 0.4) is 0 Å². The summed E-state index contributed by atoms with van der Waals surface area (Å²) in [7, 11) is 0. The van der Waals surface area contributed by atoms with Gasteiger partial charge >= 0.3 is 0 Å². The molecule has 0 saturated carbocycles. The lowest BCUT2D eigenvalue weighted by Gasteiger charge is -2.18. The number of hydrogen-bond donors (Lipinski definition) is 0. The molecule has 0 heterocycles. The maximum atomic E-state index is 11.1. The molecule has 0 unspecified atom stereocenters. The monoisotopic (exact) mass is 357 g/mol. The molecule has 0 bridgehead atoms. The fourth-order valence-electron chi connectivity index (χ4n) is 2.70. The molecule has 0 spiro atoms. The number of carbonyl (C=O) groups is 1. The summed E-state index contributed by atoms with van der Waals surface area (Å²) in [5.41, 5.74) is 0. The van der Waals surface area contributed by atoms with Gasteiger partial charge in [-0.1, -0.05) is 78.1 Å². The molecule has 0 fully saturated rings. The van der Waals surface area contributed by atoms with Gasteiger partial charge in [0, 0.05) is 31.2 Å². The lowest BCUT2D eigenvalue weighted by atomic mass is 10.1. The standard InChI is InChI=1S/C20H39NO4/c1-3-5-7-9-11-13-17-24-20(16-15-19(22)21-23)25-18-14-12-10-8-6-4-2/h20H,3-18H2,1-2H3. The van der Waals surface area contributed by atoms with E-state index in [4.69, 9.17) is 9.47 Å². The van der Waals surface area contributed by atoms with E-state index in [2.05, 4.69) is 19.0 Å². The van der Waals surface area contributed by atoms with E-state index in [1.54, 1.807) is 0 Å². The van der Waals surface area contributed by atoms with Crippen LogP contribution in [0.1, 0.15) is 104 Å². The number of carbonyl (C=O) groups excluding carboxylic acids is 1. The third kappa shape index (κ3) is 17.8. The first-order valence-corrected chi connectivity index (χ1v) is 10.3. The second-order valence-electron chi connectivity index (χ2n) is 6.73. The van der Waals surface area contributed by atoms with Crippen LogP contribution in [-0.4, -0.2) is 25.4 Å². The second-order valence-corrected chi connectivity index (χ2v) is 6.73. The maximum absolute atomic E-state index is 11.1. The quantitative estimate of drug-likeness (QED) is 0.158. The predicted octanol–water partition coefficient (Wildman–Crippen LogP) is 6.14. The van der Waals surface area contributed by atoms with Crippen LogP contribution >= 0.6 is 0 Å². The highest BCUT2D eigenvalue weighted by atomic mass is 16.7. The van der Waals surface area contributed by atoms with Gasteiger partial charge in [0.2, 0.25) is 0 Å². The third-order valence-corrected chi connectivity index (χ3v) is 4.30. The first-order chi connectivity index (χ1) is 12.2. The Morgan fingerprint density at radius 3 is 1.64 bits per heavy atom. The van der Waals surface area contributed by atoms with Gasteiger partial charge in [0.05, 0.1) is 0 Å². The van der Waals surface area contributed by atoms with E-state index >= 15 is 0 Å². The average molecular weight is 358 g/mol. The van der Waals surface area contributed by atoms with Crippen molar-refractivity contribution in [3.05, 3.63) is 4.91 Å². The Morgan fingerprint density at radius 1 is 0.760 bits per heavy atom. The van der Waals surface area contributed by atoms with Gasteiger partial charge < -0.3 is 9.47 Å². The number of unbranched alkanes of at least 4 members (excludes halogenated alkanes) is 10. The van der Waals surface area contributed by atoms with Crippen molar-refractivity contribution in [2.45, 2.75) is 110 Å². The van der Waals surface area contributed by atoms with Crippen molar-refractivity contribution >= 4 is 5.91 Å². The van der Waals surface area contributed by atoms with Crippen LogP contribution in [0.5, 0.6) is 0 Å². The van der Waals surface area contributed by atoms with Crippen molar-refractivity contribution < 1.29 is 14.3 Å². The zero-order valence-corrected chi connectivity index (χ0v) is 16.5. The van der Waals surface area contributed by atoms with E-state index in [1.165, 1.54) is 64.2 Å². The summed E-state index contributed by atoms with van der Waals surface area (Å²) in [6.45, 7) is 5.72. The molecule has 5 heteroatoms. The molecular formula is C20H39NO4.